The van der Waals surface area contributed by atoms with E-state index in [0.717, 1.165) is 49.4 Å². The van der Waals surface area contributed by atoms with Crippen LogP contribution in [0.1, 0.15) is 19.3 Å². The van der Waals surface area contributed by atoms with Crippen molar-refractivity contribution in [1.82, 2.24) is 9.21 Å². The van der Waals surface area contributed by atoms with Crippen LogP contribution >= 0.6 is 0 Å². The molecule has 0 saturated carbocycles. The van der Waals surface area contributed by atoms with Crippen LogP contribution in [-0.4, -0.2) is 69.3 Å². The zero-order valence-electron chi connectivity index (χ0n) is 14.6. The van der Waals surface area contributed by atoms with Crippen molar-refractivity contribution in [2.24, 2.45) is 0 Å². The van der Waals surface area contributed by atoms with Crippen LogP contribution in [0.4, 0.5) is 8.78 Å². The molecule has 2 fully saturated rings. The van der Waals surface area contributed by atoms with Crippen LogP contribution in [-0.2, 0) is 14.8 Å². The number of rotatable bonds is 4. The maximum atomic E-state index is 13.9. The Morgan fingerprint density at radius 3 is 2.31 bits per heavy atom. The highest BCUT2D eigenvalue weighted by atomic mass is 32.2. The number of amides is 1. The zero-order valence-corrected chi connectivity index (χ0v) is 15.4. The minimum absolute atomic E-state index is 0.112. The number of carbonyl (C=O) groups excluding carboxylic acids is 1. The smallest absolute Gasteiger partial charge is 0.277 e. The van der Waals surface area contributed by atoms with Crippen LogP contribution < -0.4 is 4.90 Å². The van der Waals surface area contributed by atoms with Crippen LogP contribution in [0.5, 0.6) is 0 Å². The van der Waals surface area contributed by atoms with Gasteiger partial charge in [-0.15, -0.1) is 0 Å². The Kier molecular flexibility index (Phi) is 5.89. The SMILES string of the molecule is O=C(C[NH+]1CCN(S(=O)(=O)c2ccc(F)cc2F)CC1)N1CCCCC1. The topological polar surface area (TPSA) is 62.1 Å². The third-order valence-electron chi connectivity index (χ3n) is 5.05. The number of likely N-dealkylation sites (tertiary alicyclic amines) is 1. The summed E-state index contributed by atoms with van der Waals surface area (Å²) in [6.45, 7) is 3.36. The Morgan fingerprint density at radius 1 is 1.04 bits per heavy atom. The van der Waals surface area contributed by atoms with Gasteiger partial charge in [0.1, 0.15) is 16.5 Å². The van der Waals surface area contributed by atoms with Gasteiger partial charge in [0.15, 0.2) is 6.54 Å². The number of nitrogens with one attached hydrogen (secondary N) is 1. The second-order valence-corrected chi connectivity index (χ2v) is 8.75. The summed E-state index contributed by atoms with van der Waals surface area (Å²) >= 11 is 0. The van der Waals surface area contributed by atoms with Gasteiger partial charge in [0.2, 0.25) is 10.0 Å². The van der Waals surface area contributed by atoms with E-state index in [4.69, 9.17) is 0 Å². The van der Waals surface area contributed by atoms with E-state index in [0.29, 0.717) is 25.7 Å². The lowest BCUT2D eigenvalue weighted by Crippen LogP contribution is -3.15. The fourth-order valence-electron chi connectivity index (χ4n) is 3.51. The molecule has 0 atom stereocenters. The summed E-state index contributed by atoms with van der Waals surface area (Å²) < 4.78 is 53.2. The maximum Gasteiger partial charge on any atom is 0.277 e. The third-order valence-corrected chi connectivity index (χ3v) is 6.98. The maximum absolute atomic E-state index is 13.9. The van der Waals surface area contributed by atoms with Crippen molar-refractivity contribution < 1.29 is 26.9 Å². The summed E-state index contributed by atoms with van der Waals surface area (Å²) in [6, 6.07) is 2.47. The van der Waals surface area contributed by atoms with Gasteiger partial charge in [-0.1, -0.05) is 0 Å². The molecular formula is C17H24F2N3O3S+. The molecule has 0 aromatic heterocycles. The molecule has 3 rings (SSSR count). The van der Waals surface area contributed by atoms with E-state index in [1.54, 1.807) is 0 Å². The number of hydrogen-bond acceptors (Lipinski definition) is 3. The second-order valence-electron chi connectivity index (χ2n) is 6.85. The molecule has 1 aromatic rings. The van der Waals surface area contributed by atoms with Gasteiger partial charge in [-0.2, -0.15) is 4.31 Å². The molecule has 2 aliphatic heterocycles. The number of piperazine rings is 1. The van der Waals surface area contributed by atoms with Gasteiger partial charge < -0.3 is 9.80 Å². The lowest BCUT2D eigenvalue weighted by molar-refractivity contribution is -0.896. The molecule has 2 saturated heterocycles. The molecule has 1 N–H and O–H groups in total. The van der Waals surface area contributed by atoms with Gasteiger partial charge in [0.25, 0.3) is 5.91 Å². The molecule has 0 aliphatic carbocycles. The van der Waals surface area contributed by atoms with Crippen molar-refractivity contribution in [3.05, 3.63) is 29.8 Å². The predicted molar refractivity (Wildman–Crippen MR) is 91.1 cm³/mol. The minimum Gasteiger partial charge on any atom is -0.338 e. The van der Waals surface area contributed by atoms with Crippen LogP contribution in [0.15, 0.2) is 23.1 Å². The molecule has 1 amide bonds. The van der Waals surface area contributed by atoms with Gasteiger partial charge in [-0.25, -0.2) is 17.2 Å². The molecule has 0 radical (unpaired) electrons. The van der Waals surface area contributed by atoms with E-state index in [1.165, 1.54) is 4.31 Å². The Bertz CT molecular complexity index is 759. The molecule has 6 nitrogen and oxygen atoms in total. The van der Waals surface area contributed by atoms with Gasteiger partial charge in [0.05, 0.1) is 26.2 Å². The lowest BCUT2D eigenvalue weighted by atomic mass is 10.1. The second kappa shape index (κ2) is 7.98. The minimum atomic E-state index is -4.00. The summed E-state index contributed by atoms with van der Waals surface area (Å²) in [5.74, 6) is -1.78. The largest absolute Gasteiger partial charge is 0.338 e. The molecule has 1 aromatic carbocycles. The number of nitrogens with zero attached hydrogens (tertiary/aromatic N) is 2. The predicted octanol–water partition coefficient (Wildman–Crippen LogP) is -0.133. The first kappa shape index (κ1) is 19.2. The Morgan fingerprint density at radius 2 is 1.69 bits per heavy atom. The number of carbonyl (C=O) groups is 1. The normalized spacial score (nSPS) is 20.3. The number of quaternary nitrogens is 1. The lowest BCUT2D eigenvalue weighted by Gasteiger charge is -2.33. The highest BCUT2D eigenvalue weighted by molar-refractivity contribution is 7.89. The van der Waals surface area contributed by atoms with E-state index in [2.05, 4.69) is 0 Å². The fraction of sp³-hybridized carbons (Fsp3) is 0.588. The number of sulfonamides is 1. The first-order valence-electron chi connectivity index (χ1n) is 8.94. The van der Waals surface area contributed by atoms with Crippen LogP contribution in [0.3, 0.4) is 0 Å². The van der Waals surface area contributed by atoms with Gasteiger partial charge in [0, 0.05) is 19.2 Å². The van der Waals surface area contributed by atoms with E-state index in [1.807, 2.05) is 4.90 Å². The van der Waals surface area contributed by atoms with Gasteiger partial charge >= 0.3 is 0 Å². The van der Waals surface area contributed by atoms with Crippen molar-refractivity contribution in [1.29, 1.82) is 0 Å². The van der Waals surface area contributed by atoms with Crippen molar-refractivity contribution in [3.63, 3.8) is 0 Å². The summed E-state index contributed by atoms with van der Waals surface area (Å²) in [5, 5.41) is 0. The molecule has 2 heterocycles. The van der Waals surface area contributed by atoms with Crippen LogP contribution in [0, 0.1) is 11.6 Å². The average Bonchev–Trinajstić information content (AvgIpc) is 2.62. The quantitative estimate of drug-likeness (QED) is 0.782. The molecule has 0 spiro atoms. The van der Waals surface area contributed by atoms with E-state index in [-0.39, 0.29) is 19.0 Å². The van der Waals surface area contributed by atoms with Crippen molar-refractivity contribution in [3.8, 4) is 0 Å². The number of halogens is 2. The Balaban J connectivity index is 1.58. The Labute approximate surface area is 152 Å². The summed E-state index contributed by atoms with van der Waals surface area (Å²) in [5.41, 5.74) is 0. The zero-order chi connectivity index (χ0) is 18.7. The van der Waals surface area contributed by atoms with E-state index in [9.17, 15) is 22.0 Å². The summed E-state index contributed by atoms with van der Waals surface area (Å²) in [7, 11) is -4.00. The highest BCUT2D eigenvalue weighted by Gasteiger charge is 2.33. The molecule has 9 heteroatoms. The van der Waals surface area contributed by atoms with E-state index < -0.39 is 26.6 Å². The van der Waals surface area contributed by atoms with Crippen molar-refractivity contribution in [2.45, 2.75) is 24.2 Å². The van der Waals surface area contributed by atoms with E-state index >= 15 is 0 Å². The average molecular weight is 388 g/mol. The number of benzene rings is 1. The third kappa shape index (κ3) is 4.21. The van der Waals surface area contributed by atoms with Gasteiger partial charge in [-0.05, 0) is 31.4 Å². The first-order valence-corrected chi connectivity index (χ1v) is 10.4. The van der Waals surface area contributed by atoms with Crippen LogP contribution in [0.2, 0.25) is 0 Å². The summed E-state index contributed by atoms with van der Waals surface area (Å²) in [4.78, 5) is 14.7. The highest BCUT2D eigenvalue weighted by Crippen LogP contribution is 2.20. The molecule has 2 aliphatic rings. The molecule has 0 bridgehead atoms. The molecule has 0 unspecified atom stereocenters. The van der Waals surface area contributed by atoms with Crippen molar-refractivity contribution >= 4 is 15.9 Å². The monoisotopic (exact) mass is 388 g/mol. The van der Waals surface area contributed by atoms with Gasteiger partial charge in [-0.3, -0.25) is 4.79 Å². The first-order chi connectivity index (χ1) is 12.4. The van der Waals surface area contributed by atoms with Crippen LogP contribution in [0.25, 0.3) is 0 Å². The molecular weight excluding hydrogens is 364 g/mol. The van der Waals surface area contributed by atoms with Crippen molar-refractivity contribution in [2.75, 3.05) is 45.8 Å². The fourth-order valence-corrected chi connectivity index (χ4v) is 5.00. The number of hydrogen-bond donors (Lipinski definition) is 1. The molecule has 144 valence electrons. The Hall–Kier alpha value is -1.58. The molecule has 26 heavy (non-hydrogen) atoms. The standard InChI is InChI=1S/C17H23F2N3O3S/c18-14-4-5-16(15(19)12-14)26(24,25)22-10-8-20(9-11-22)13-17(23)21-6-2-1-3-7-21/h4-5,12H,1-3,6-11,13H2/p+1. The number of piperidine rings is 1. The summed E-state index contributed by atoms with van der Waals surface area (Å²) in [6.07, 6.45) is 3.24.